The molecule has 1 N–H and O–H groups in total. The first kappa shape index (κ1) is 18.4. The van der Waals surface area contributed by atoms with Gasteiger partial charge in [-0.1, -0.05) is 54.6 Å². The summed E-state index contributed by atoms with van der Waals surface area (Å²) in [6, 6.07) is 21.2. The van der Waals surface area contributed by atoms with E-state index in [9.17, 15) is 14.7 Å². The molecule has 0 unspecified atom stereocenters. The quantitative estimate of drug-likeness (QED) is 0.663. The van der Waals surface area contributed by atoms with E-state index in [1.165, 1.54) is 4.90 Å². The number of hydrogen-bond acceptors (Lipinski definition) is 5. The minimum Gasteiger partial charge on any atom is -0.454 e. The summed E-state index contributed by atoms with van der Waals surface area (Å²) in [5.74, 6) is 0.496. The van der Waals surface area contributed by atoms with E-state index in [1.807, 2.05) is 24.3 Å². The third kappa shape index (κ3) is 2.93. The van der Waals surface area contributed by atoms with Crippen LogP contribution in [0.5, 0.6) is 11.5 Å². The first-order valence-corrected chi connectivity index (χ1v) is 9.67. The molecule has 5 rings (SSSR count). The van der Waals surface area contributed by atoms with Crippen LogP contribution < -0.4 is 14.4 Å². The zero-order valence-electron chi connectivity index (χ0n) is 16.1. The van der Waals surface area contributed by atoms with Crippen LogP contribution in [0.3, 0.4) is 0 Å². The zero-order chi connectivity index (χ0) is 20.7. The summed E-state index contributed by atoms with van der Waals surface area (Å²) in [6.45, 7) is 0.417. The molecule has 3 aromatic rings. The zero-order valence-corrected chi connectivity index (χ0v) is 16.1. The van der Waals surface area contributed by atoms with Crippen LogP contribution >= 0.6 is 0 Å². The van der Waals surface area contributed by atoms with Gasteiger partial charge in [-0.2, -0.15) is 0 Å². The number of ether oxygens (including phenoxy) is 2. The van der Waals surface area contributed by atoms with Crippen molar-refractivity contribution in [3.63, 3.8) is 0 Å². The Balaban J connectivity index is 1.47. The van der Waals surface area contributed by atoms with Gasteiger partial charge in [0.05, 0.1) is 18.7 Å². The molecule has 2 heterocycles. The van der Waals surface area contributed by atoms with E-state index in [4.69, 9.17) is 9.47 Å². The number of anilines is 1. The summed E-state index contributed by atoms with van der Waals surface area (Å²) in [4.78, 5) is 27.7. The van der Waals surface area contributed by atoms with Crippen molar-refractivity contribution in [3.05, 3.63) is 89.5 Å². The Bertz CT molecular complexity index is 1140. The van der Waals surface area contributed by atoms with E-state index in [-0.39, 0.29) is 25.5 Å². The fourth-order valence-corrected chi connectivity index (χ4v) is 4.01. The molecule has 0 saturated carbocycles. The van der Waals surface area contributed by atoms with Gasteiger partial charge in [-0.15, -0.1) is 0 Å². The number of amides is 1. The molecule has 0 aliphatic carbocycles. The molecule has 30 heavy (non-hydrogen) atoms. The third-order valence-corrected chi connectivity index (χ3v) is 5.53. The molecule has 0 saturated heterocycles. The highest BCUT2D eigenvalue weighted by Gasteiger charge is 2.50. The van der Waals surface area contributed by atoms with Crippen molar-refractivity contribution in [1.29, 1.82) is 0 Å². The van der Waals surface area contributed by atoms with Crippen LogP contribution in [0.2, 0.25) is 0 Å². The van der Waals surface area contributed by atoms with Crippen LogP contribution in [-0.2, 0) is 16.9 Å². The summed E-state index contributed by atoms with van der Waals surface area (Å²) < 4.78 is 10.8. The predicted octanol–water partition coefficient (Wildman–Crippen LogP) is 3.42. The number of nitrogens with zero attached hydrogens (tertiary/aromatic N) is 1. The summed E-state index contributed by atoms with van der Waals surface area (Å²) in [7, 11) is 0. The van der Waals surface area contributed by atoms with Gasteiger partial charge < -0.3 is 19.5 Å². The predicted molar refractivity (Wildman–Crippen MR) is 109 cm³/mol. The molecule has 6 heteroatoms. The van der Waals surface area contributed by atoms with Crippen molar-refractivity contribution in [2.24, 2.45) is 0 Å². The van der Waals surface area contributed by atoms with E-state index < -0.39 is 11.5 Å². The van der Waals surface area contributed by atoms with Crippen LogP contribution in [0.15, 0.2) is 72.8 Å². The number of Topliss-reactive ketones (excluding diaryl/α,β-unsaturated/α-hetero) is 1. The Morgan fingerprint density at radius 1 is 0.967 bits per heavy atom. The van der Waals surface area contributed by atoms with Gasteiger partial charge >= 0.3 is 0 Å². The molecular formula is C24H19NO5. The molecule has 1 amide bonds. The molecule has 2 aliphatic heterocycles. The number of benzene rings is 3. The molecule has 0 fully saturated rings. The molecular weight excluding hydrogens is 382 g/mol. The first-order chi connectivity index (χ1) is 14.6. The standard InChI is InChI=1S/C24H19NO5/c26-20(17-6-2-1-3-7-17)13-24(28)18-8-4-5-9-19(18)25(23(24)27)14-16-10-11-21-22(12-16)30-15-29-21/h1-12,28H,13-15H2/t24-/m1/s1. The number of hydrogen-bond donors (Lipinski definition) is 1. The fraction of sp³-hybridized carbons (Fsp3) is 0.167. The van der Waals surface area contributed by atoms with E-state index in [2.05, 4.69) is 0 Å². The molecule has 1 atom stereocenters. The minimum absolute atomic E-state index is 0.172. The molecule has 2 aliphatic rings. The van der Waals surface area contributed by atoms with Gasteiger partial charge in [-0.3, -0.25) is 9.59 Å². The number of carbonyl (C=O) groups is 2. The number of ketones is 1. The van der Waals surface area contributed by atoms with Crippen molar-refractivity contribution in [3.8, 4) is 11.5 Å². The van der Waals surface area contributed by atoms with E-state index in [1.54, 1.807) is 48.5 Å². The average Bonchev–Trinajstić information content (AvgIpc) is 3.32. The van der Waals surface area contributed by atoms with E-state index in [0.29, 0.717) is 28.3 Å². The van der Waals surface area contributed by atoms with Crippen molar-refractivity contribution >= 4 is 17.4 Å². The van der Waals surface area contributed by atoms with Crippen LogP contribution in [0.4, 0.5) is 5.69 Å². The van der Waals surface area contributed by atoms with Crippen molar-refractivity contribution < 1.29 is 24.2 Å². The molecule has 0 spiro atoms. The summed E-state index contributed by atoms with van der Waals surface area (Å²) >= 11 is 0. The van der Waals surface area contributed by atoms with E-state index >= 15 is 0 Å². The highest BCUT2D eigenvalue weighted by molar-refractivity contribution is 6.10. The number of aliphatic hydroxyl groups is 1. The maximum absolute atomic E-state index is 13.4. The second-order valence-electron chi connectivity index (χ2n) is 7.42. The van der Waals surface area contributed by atoms with Gasteiger partial charge in [0.25, 0.3) is 5.91 Å². The van der Waals surface area contributed by atoms with E-state index in [0.717, 1.165) is 5.56 Å². The number of rotatable bonds is 5. The van der Waals surface area contributed by atoms with Gasteiger partial charge in [-0.05, 0) is 23.8 Å². The van der Waals surface area contributed by atoms with Gasteiger partial charge in [0.1, 0.15) is 0 Å². The second kappa shape index (κ2) is 7.00. The van der Waals surface area contributed by atoms with Crippen molar-refractivity contribution in [1.82, 2.24) is 0 Å². The minimum atomic E-state index is -1.90. The van der Waals surface area contributed by atoms with Crippen molar-refractivity contribution in [2.45, 2.75) is 18.6 Å². The maximum atomic E-state index is 13.4. The lowest BCUT2D eigenvalue weighted by Crippen LogP contribution is -2.41. The Labute approximate surface area is 173 Å². The summed E-state index contributed by atoms with van der Waals surface area (Å²) in [6.07, 6.45) is -0.315. The highest BCUT2D eigenvalue weighted by atomic mass is 16.7. The molecule has 150 valence electrons. The molecule has 0 bridgehead atoms. The smallest absolute Gasteiger partial charge is 0.264 e. The maximum Gasteiger partial charge on any atom is 0.264 e. The Kier molecular flexibility index (Phi) is 4.29. The second-order valence-corrected chi connectivity index (χ2v) is 7.42. The fourth-order valence-electron chi connectivity index (χ4n) is 4.01. The SMILES string of the molecule is O=C(C[C@]1(O)C(=O)N(Cc2ccc3c(c2)OCO3)c2ccccc21)c1ccccc1. The van der Waals surface area contributed by atoms with Gasteiger partial charge in [-0.25, -0.2) is 0 Å². The van der Waals surface area contributed by atoms with Gasteiger partial charge in [0.2, 0.25) is 6.79 Å². The first-order valence-electron chi connectivity index (χ1n) is 9.67. The largest absolute Gasteiger partial charge is 0.454 e. The summed E-state index contributed by atoms with van der Waals surface area (Å²) in [5, 5.41) is 11.4. The third-order valence-electron chi connectivity index (χ3n) is 5.53. The number of para-hydroxylation sites is 1. The molecule has 0 aromatic heterocycles. The summed E-state index contributed by atoms with van der Waals surface area (Å²) in [5.41, 5.74) is 0.440. The lowest BCUT2D eigenvalue weighted by Gasteiger charge is -2.23. The van der Waals surface area contributed by atoms with Crippen LogP contribution in [0, 0.1) is 0 Å². The molecule has 0 radical (unpaired) electrons. The average molecular weight is 401 g/mol. The lowest BCUT2D eigenvalue weighted by molar-refractivity contribution is -0.136. The monoisotopic (exact) mass is 401 g/mol. The number of carbonyl (C=O) groups excluding carboxylic acids is 2. The normalized spacial score (nSPS) is 19.1. The van der Waals surface area contributed by atoms with Crippen LogP contribution in [0.1, 0.15) is 27.9 Å². The van der Waals surface area contributed by atoms with Crippen LogP contribution in [-0.4, -0.2) is 23.6 Å². The molecule has 3 aromatic carbocycles. The number of fused-ring (bicyclic) bond motifs is 2. The van der Waals surface area contributed by atoms with Crippen LogP contribution in [0.25, 0.3) is 0 Å². The lowest BCUT2D eigenvalue weighted by atomic mass is 9.88. The molecule has 6 nitrogen and oxygen atoms in total. The highest BCUT2D eigenvalue weighted by Crippen LogP contribution is 2.44. The Morgan fingerprint density at radius 3 is 2.53 bits per heavy atom. The van der Waals surface area contributed by atoms with Gasteiger partial charge in [0, 0.05) is 11.1 Å². The Hall–Kier alpha value is -3.64. The topological polar surface area (TPSA) is 76.1 Å². The Morgan fingerprint density at radius 2 is 1.70 bits per heavy atom. The van der Waals surface area contributed by atoms with Crippen molar-refractivity contribution in [2.75, 3.05) is 11.7 Å². The van der Waals surface area contributed by atoms with Gasteiger partial charge in [0.15, 0.2) is 22.9 Å².